The van der Waals surface area contributed by atoms with Gasteiger partial charge in [0, 0.05) is 13.3 Å². The first kappa shape index (κ1) is 17.3. The van der Waals surface area contributed by atoms with E-state index in [-0.39, 0.29) is 18.4 Å². The maximum atomic E-state index is 12.5. The fraction of sp³-hybridized carbons (Fsp3) is 0.412. The van der Waals surface area contributed by atoms with Crippen molar-refractivity contribution in [2.45, 2.75) is 33.3 Å². The molecular weight excluding hydrogens is 340 g/mol. The summed E-state index contributed by atoms with van der Waals surface area (Å²) in [5, 5.41) is 12.1. The van der Waals surface area contributed by atoms with Crippen LogP contribution in [0.3, 0.4) is 0 Å². The summed E-state index contributed by atoms with van der Waals surface area (Å²) < 4.78 is 5.77. The molecule has 8 heteroatoms. The summed E-state index contributed by atoms with van der Waals surface area (Å²) in [4.78, 5) is 26.0. The molecule has 0 spiro atoms. The van der Waals surface area contributed by atoms with Gasteiger partial charge < -0.3 is 9.64 Å². The second-order valence-corrected chi connectivity index (χ2v) is 7.35. The molecule has 0 aliphatic carbocycles. The van der Waals surface area contributed by atoms with Gasteiger partial charge in [-0.3, -0.25) is 14.9 Å². The molecule has 2 amide bonds. The van der Waals surface area contributed by atoms with E-state index < -0.39 is 6.10 Å². The number of benzene rings is 1. The average Bonchev–Trinajstić information content (AvgIpc) is 2.99. The minimum absolute atomic E-state index is 0.135. The van der Waals surface area contributed by atoms with Crippen LogP contribution >= 0.6 is 11.3 Å². The van der Waals surface area contributed by atoms with E-state index >= 15 is 0 Å². The van der Waals surface area contributed by atoms with Crippen LogP contribution in [-0.4, -0.2) is 34.7 Å². The maximum absolute atomic E-state index is 12.5. The predicted molar refractivity (Wildman–Crippen MR) is 96.0 cm³/mol. The molecule has 0 saturated carbocycles. The molecule has 25 heavy (non-hydrogen) atoms. The van der Waals surface area contributed by atoms with E-state index in [2.05, 4.69) is 29.4 Å². The Morgan fingerprint density at radius 2 is 2.12 bits per heavy atom. The first-order valence-electron chi connectivity index (χ1n) is 8.11. The van der Waals surface area contributed by atoms with Gasteiger partial charge in [-0.2, -0.15) is 0 Å². The zero-order valence-electron chi connectivity index (χ0n) is 14.4. The van der Waals surface area contributed by atoms with Crippen LogP contribution in [-0.2, 0) is 16.0 Å². The first-order valence-corrected chi connectivity index (χ1v) is 8.92. The van der Waals surface area contributed by atoms with E-state index in [1.165, 1.54) is 18.3 Å². The van der Waals surface area contributed by atoms with Crippen LogP contribution in [0.15, 0.2) is 24.3 Å². The molecule has 0 radical (unpaired) electrons. The van der Waals surface area contributed by atoms with Gasteiger partial charge in [0.1, 0.15) is 10.8 Å². The Morgan fingerprint density at radius 3 is 2.84 bits per heavy atom. The molecule has 0 unspecified atom stereocenters. The van der Waals surface area contributed by atoms with Crippen LogP contribution in [0, 0.1) is 5.92 Å². The lowest BCUT2D eigenvalue weighted by molar-refractivity contribution is -0.123. The average molecular weight is 360 g/mol. The number of nitrogens with one attached hydrogen (secondary N) is 1. The van der Waals surface area contributed by atoms with Gasteiger partial charge in [0.2, 0.25) is 11.0 Å². The fourth-order valence-corrected chi connectivity index (χ4v) is 3.55. The number of carbonyl (C=O) groups is 2. The van der Waals surface area contributed by atoms with Crippen molar-refractivity contribution in [2.24, 2.45) is 5.92 Å². The normalized spacial score (nSPS) is 16.3. The van der Waals surface area contributed by atoms with E-state index in [0.717, 1.165) is 11.4 Å². The highest BCUT2D eigenvalue weighted by Gasteiger charge is 2.32. The standard InChI is InChI=1S/C17H20N4O3S/c1-10(2)8-15-19-20-17(25-15)18-16(23)14-9-21(11(3)22)12-6-4-5-7-13(12)24-14/h4-7,10,14H,8-9H2,1-3H3,(H,18,20,23)/t14-/m0/s1. The number of hydrogen-bond acceptors (Lipinski definition) is 6. The van der Waals surface area contributed by atoms with Crippen LogP contribution in [0.4, 0.5) is 10.8 Å². The molecule has 7 nitrogen and oxygen atoms in total. The molecule has 0 bridgehead atoms. The van der Waals surface area contributed by atoms with Crippen molar-refractivity contribution in [3.8, 4) is 5.75 Å². The van der Waals surface area contributed by atoms with Gasteiger partial charge in [-0.15, -0.1) is 10.2 Å². The van der Waals surface area contributed by atoms with E-state index in [9.17, 15) is 9.59 Å². The summed E-state index contributed by atoms with van der Waals surface area (Å²) in [6.07, 6.45) is 0.0233. The number of hydrogen-bond donors (Lipinski definition) is 1. The van der Waals surface area contributed by atoms with Gasteiger partial charge in [-0.1, -0.05) is 37.3 Å². The van der Waals surface area contributed by atoms with Crippen LogP contribution < -0.4 is 15.0 Å². The number of aromatic nitrogens is 2. The number of rotatable bonds is 4. The highest BCUT2D eigenvalue weighted by molar-refractivity contribution is 7.15. The van der Waals surface area contributed by atoms with Crippen molar-refractivity contribution in [2.75, 3.05) is 16.8 Å². The zero-order valence-corrected chi connectivity index (χ0v) is 15.2. The minimum Gasteiger partial charge on any atom is -0.476 e. The summed E-state index contributed by atoms with van der Waals surface area (Å²) in [5.74, 6) is 0.511. The molecule has 1 atom stereocenters. The first-order chi connectivity index (χ1) is 11.9. The largest absolute Gasteiger partial charge is 0.476 e. The molecule has 1 aromatic heterocycles. The molecule has 2 aromatic rings. The molecule has 1 N–H and O–H groups in total. The Labute approximate surface area is 150 Å². The van der Waals surface area contributed by atoms with Crippen LogP contribution in [0.25, 0.3) is 0 Å². The molecule has 1 aromatic carbocycles. The molecular formula is C17H20N4O3S. The van der Waals surface area contributed by atoms with Crippen molar-refractivity contribution < 1.29 is 14.3 Å². The summed E-state index contributed by atoms with van der Waals surface area (Å²) >= 11 is 1.36. The Bertz CT molecular complexity index is 790. The SMILES string of the molecule is CC(=O)N1C[C@@H](C(=O)Nc2nnc(CC(C)C)s2)Oc2ccccc21. The minimum atomic E-state index is -0.795. The van der Waals surface area contributed by atoms with E-state index in [1.54, 1.807) is 23.1 Å². The van der Waals surface area contributed by atoms with E-state index in [1.807, 2.05) is 6.07 Å². The van der Waals surface area contributed by atoms with E-state index in [4.69, 9.17) is 4.74 Å². The monoisotopic (exact) mass is 360 g/mol. The Hall–Kier alpha value is -2.48. The lowest BCUT2D eigenvalue weighted by Gasteiger charge is -2.33. The Balaban J connectivity index is 1.72. The van der Waals surface area contributed by atoms with Gasteiger partial charge >= 0.3 is 0 Å². The zero-order chi connectivity index (χ0) is 18.0. The Kier molecular flexibility index (Phi) is 4.98. The third-order valence-electron chi connectivity index (χ3n) is 3.73. The number of anilines is 2. The highest BCUT2D eigenvalue weighted by Crippen LogP contribution is 2.33. The Morgan fingerprint density at radius 1 is 1.36 bits per heavy atom. The molecule has 0 saturated heterocycles. The summed E-state index contributed by atoms with van der Waals surface area (Å²) in [6, 6.07) is 7.18. The van der Waals surface area contributed by atoms with Crippen LogP contribution in [0.1, 0.15) is 25.8 Å². The number of ether oxygens (including phenoxy) is 1. The lowest BCUT2D eigenvalue weighted by Crippen LogP contribution is -2.48. The van der Waals surface area contributed by atoms with Gasteiger partial charge in [0.15, 0.2) is 6.10 Å². The third kappa shape index (κ3) is 3.96. The van der Waals surface area contributed by atoms with Crippen molar-refractivity contribution in [1.29, 1.82) is 0 Å². The van der Waals surface area contributed by atoms with Crippen molar-refractivity contribution in [3.05, 3.63) is 29.3 Å². The van der Waals surface area contributed by atoms with Gasteiger partial charge in [-0.25, -0.2) is 0 Å². The smallest absolute Gasteiger partial charge is 0.269 e. The maximum Gasteiger partial charge on any atom is 0.269 e. The summed E-state index contributed by atoms with van der Waals surface area (Å²) in [6.45, 7) is 5.84. The predicted octanol–water partition coefficient (Wildman–Crippen LogP) is 2.49. The fourth-order valence-electron chi connectivity index (χ4n) is 2.59. The van der Waals surface area contributed by atoms with Crippen molar-refractivity contribution >= 4 is 34.0 Å². The topological polar surface area (TPSA) is 84.4 Å². The number of nitrogens with zero attached hydrogens (tertiary/aromatic N) is 3. The molecule has 132 valence electrons. The highest BCUT2D eigenvalue weighted by atomic mass is 32.1. The summed E-state index contributed by atoms with van der Waals surface area (Å²) in [7, 11) is 0. The number of amides is 2. The number of para-hydroxylation sites is 2. The van der Waals surface area contributed by atoms with Gasteiger partial charge in [0.25, 0.3) is 5.91 Å². The number of fused-ring (bicyclic) bond motifs is 1. The molecule has 1 aliphatic heterocycles. The second kappa shape index (κ2) is 7.18. The number of carbonyl (C=O) groups excluding carboxylic acids is 2. The molecule has 3 rings (SSSR count). The van der Waals surface area contributed by atoms with Crippen LogP contribution in [0.5, 0.6) is 5.75 Å². The van der Waals surface area contributed by atoms with E-state index in [0.29, 0.717) is 22.5 Å². The van der Waals surface area contributed by atoms with Crippen molar-refractivity contribution in [3.63, 3.8) is 0 Å². The molecule has 1 aliphatic rings. The molecule has 0 fully saturated rings. The third-order valence-corrected chi connectivity index (χ3v) is 4.59. The van der Waals surface area contributed by atoms with Crippen molar-refractivity contribution in [1.82, 2.24) is 10.2 Å². The van der Waals surface area contributed by atoms with Gasteiger partial charge in [0.05, 0.1) is 12.2 Å². The summed E-state index contributed by atoms with van der Waals surface area (Å²) in [5.41, 5.74) is 0.675. The lowest BCUT2D eigenvalue weighted by atomic mass is 10.1. The molecule has 2 heterocycles. The second-order valence-electron chi connectivity index (χ2n) is 6.29. The van der Waals surface area contributed by atoms with Crippen LogP contribution in [0.2, 0.25) is 0 Å². The van der Waals surface area contributed by atoms with Gasteiger partial charge in [-0.05, 0) is 18.1 Å². The quantitative estimate of drug-likeness (QED) is 0.905.